The van der Waals surface area contributed by atoms with Gasteiger partial charge >= 0.3 is 0 Å². The van der Waals surface area contributed by atoms with E-state index < -0.39 is 11.9 Å². The van der Waals surface area contributed by atoms with Gasteiger partial charge < -0.3 is 9.15 Å². The lowest BCUT2D eigenvalue weighted by Gasteiger charge is -2.25. The van der Waals surface area contributed by atoms with Crippen molar-refractivity contribution in [3.8, 4) is 5.75 Å². The molecular formula is C24H15Cl2NO4. The lowest BCUT2D eigenvalue weighted by atomic mass is 9.98. The number of carbonyl (C=O) groups excluding carboxylic acids is 1. The predicted molar refractivity (Wildman–Crippen MR) is 121 cm³/mol. The highest BCUT2D eigenvalue weighted by molar-refractivity contribution is 6.32. The van der Waals surface area contributed by atoms with Gasteiger partial charge in [0.25, 0.3) is 5.91 Å². The first-order chi connectivity index (χ1) is 15.0. The Balaban J connectivity index is 1.80. The molecule has 5 rings (SSSR count). The van der Waals surface area contributed by atoms with E-state index in [0.717, 1.165) is 5.56 Å². The molecule has 0 aliphatic carbocycles. The minimum atomic E-state index is -0.673. The van der Waals surface area contributed by atoms with E-state index in [4.69, 9.17) is 32.4 Å². The van der Waals surface area contributed by atoms with E-state index in [9.17, 15) is 9.59 Å². The summed E-state index contributed by atoms with van der Waals surface area (Å²) < 4.78 is 11.2. The quantitative estimate of drug-likeness (QED) is 0.391. The standard InChI is InChI=1S/C24H15Cl2NO4/c1-30-19-10-8-15(12-17(19)26)27-21(13-5-3-2-4-6-13)20-22(28)16-11-14(25)7-9-18(16)31-23(20)24(27)29/h2-12,21H,1H3. The Morgan fingerprint density at radius 1 is 0.968 bits per heavy atom. The summed E-state index contributed by atoms with van der Waals surface area (Å²) >= 11 is 12.4. The molecule has 0 fully saturated rings. The third-order valence-corrected chi connectivity index (χ3v) is 5.89. The zero-order valence-electron chi connectivity index (χ0n) is 16.3. The molecule has 0 radical (unpaired) electrons. The summed E-state index contributed by atoms with van der Waals surface area (Å²) in [7, 11) is 1.52. The van der Waals surface area contributed by atoms with Crippen LogP contribution in [-0.4, -0.2) is 13.0 Å². The Bertz CT molecular complexity index is 1400. The Morgan fingerprint density at radius 2 is 1.74 bits per heavy atom. The molecule has 2 heterocycles. The summed E-state index contributed by atoms with van der Waals surface area (Å²) in [6.45, 7) is 0. The molecule has 1 aromatic heterocycles. The van der Waals surface area contributed by atoms with Crippen molar-refractivity contribution in [2.24, 2.45) is 0 Å². The molecule has 0 bridgehead atoms. The number of hydrogen-bond donors (Lipinski definition) is 0. The van der Waals surface area contributed by atoms with Crippen LogP contribution in [0.5, 0.6) is 5.75 Å². The van der Waals surface area contributed by atoms with Gasteiger partial charge in [0.05, 0.1) is 29.1 Å². The Kier molecular flexibility index (Phi) is 4.73. The molecule has 154 valence electrons. The normalized spacial score (nSPS) is 15.4. The Hall–Kier alpha value is -3.28. The van der Waals surface area contributed by atoms with Gasteiger partial charge in [0, 0.05) is 10.7 Å². The number of hydrogen-bond acceptors (Lipinski definition) is 4. The number of nitrogens with zero attached hydrogens (tertiary/aromatic N) is 1. The lowest BCUT2D eigenvalue weighted by molar-refractivity contribution is 0.0971. The zero-order chi connectivity index (χ0) is 21.7. The van der Waals surface area contributed by atoms with Crippen LogP contribution in [0.25, 0.3) is 11.0 Å². The van der Waals surface area contributed by atoms with Crippen LogP contribution >= 0.6 is 23.2 Å². The van der Waals surface area contributed by atoms with E-state index in [1.807, 2.05) is 30.3 Å². The van der Waals surface area contributed by atoms with E-state index in [1.165, 1.54) is 12.0 Å². The van der Waals surface area contributed by atoms with Gasteiger partial charge in [0.1, 0.15) is 11.3 Å². The molecule has 1 amide bonds. The number of amides is 1. The van der Waals surface area contributed by atoms with Gasteiger partial charge in [-0.15, -0.1) is 0 Å². The van der Waals surface area contributed by atoms with Gasteiger partial charge in [-0.25, -0.2) is 0 Å². The van der Waals surface area contributed by atoms with E-state index in [2.05, 4.69) is 0 Å². The molecule has 31 heavy (non-hydrogen) atoms. The van der Waals surface area contributed by atoms with Crippen LogP contribution in [0.3, 0.4) is 0 Å². The molecule has 0 saturated carbocycles. The molecule has 1 aliphatic heterocycles. The average molecular weight is 452 g/mol. The highest BCUT2D eigenvalue weighted by Crippen LogP contribution is 2.42. The van der Waals surface area contributed by atoms with Gasteiger partial charge in [-0.3, -0.25) is 14.5 Å². The highest BCUT2D eigenvalue weighted by Gasteiger charge is 2.43. The first-order valence-electron chi connectivity index (χ1n) is 9.48. The number of carbonyl (C=O) groups is 1. The molecule has 1 unspecified atom stereocenters. The first kappa shape index (κ1) is 19.7. The third kappa shape index (κ3) is 3.09. The van der Waals surface area contributed by atoms with Crippen LogP contribution < -0.4 is 15.1 Å². The summed E-state index contributed by atoms with van der Waals surface area (Å²) in [5, 5.41) is 1.10. The van der Waals surface area contributed by atoms with Gasteiger partial charge in [0.2, 0.25) is 5.76 Å². The summed E-state index contributed by atoms with van der Waals surface area (Å²) in [5.41, 5.74) is 1.59. The topological polar surface area (TPSA) is 59.8 Å². The number of fused-ring (bicyclic) bond motifs is 2. The van der Waals surface area contributed by atoms with Gasteiger partial charge in [-0.1, -0.05) is 53.5 Å². The van der Waals surface area contributed by atoms with E-state index in [1.54, 1.807) is 36.4 Å². The number of halogens is 2. The number of methoxy groups -OCH3 is 1. The fourth-order valence-corrected chi connectivity index (χ4v) is 4.39. The fraction of sp³-hybridized carbons (Fsp3) is 0.0833. The number of ether oxygens (including phenoxy) is 1. The monoisotopic (exact) mass is 451 g/mol. The van der Waals surface area contributed by atoms with Gasteiger partial charge in [-0.2, -0.15) is 0 Å². The van der Waals surface area contributed by atoms with Crippen molar-refractivity contribution in [2.75, 3.05) is 12.0 Å². The van der Waals surface area contributed by atoms with Crippen molar-refractivity contribution in [3.05, 3.63) is 104 Å². The van der Waals surface area contributed by atoms with Crippen LogP contribution in [0.15, 0.2) is 75.9 Å². The summed E-state index contributed by atoms with van der Waals surface area (Å²) in [6, 6.07) is 18.5. The number of benzene rings is 3. The maximum absolute atomic E-state index is 13.5. The minimum Gasteiger partial charge on any atom is -0.495 e. The van der Waals surface area contributed by atoms with Crippen molar-refractivity contribution in [3.63, 3.8) is 0 Å². The van der Waals surface area contributed by atoms with Crippen LogP contribution in [0, 0.1) is 0 Å². The Labute approximate surface area is 187 Å². The third-order valence-electron chi connectivity index (χ3n) is 5.36. The number of rotatable bonds is 3. The lowest BCUT2D eigenvalue weighted by Crippen LogP contribution is -2.29. The largest absolute Gasteiger partial charge is 0.495 e. The fourth-order valence-electron chi connectivity index (χ4n) is 3.97. The molecule has 0 saturated heterocycles. The molecule has 4 aromatic rings. The van der Waals surface area contributed by atoms with E-state index in [-0.39, 0.29) is 16.8 Å². The Morgan fingerprint density at radius 3 is 2.45 bits per heavy atom. The van der Waals surface area contributed by atoms with Crippen molar-refractivity contribution >= 4 is 45.8 Å². The predicted octanol–water partition coefficient (Wildman–Crippen LogP) is 5.86. The van der Waals surface area contributed by atoms with Crippen LogP contribution in [0.1, 0.15) is 27.7 Å². The van der Waals surface area contributed by atoms with Crippen molar-refractivity contribution in [1.29, 1.82) is 0 Å². The molecule has 7 heteroatoms. The second-order valence-corrected chi connectivity index (χ2v) is 7.97. The molecule has 1 atom stereocenters. The van der Waals surface area contributed by atoms with Crippen molar-refractivity contribution < 1.29 is 13.9 Å². The minimum absolute atomic E-state index is 0.0145. The maximum Gasteiger partial charge on any atom is 0.295 e. The molecule has 3 aromatic carbocycles. The summed E-state index contributed by atoms with van der Waals surface area (Å²) in [5.74, 6) is 0.0834. The van der Waals surface area contributed by atoms with Crippen LogP contribution in [0.2, 0.25) is 10.0 Å². The van der Waals surface area contributed by atoms with Crippen molar-refractivity contribution in [1.82, 2.24) is 0 Å². The van der Waals surface area contributed by atoms with E-state index in [0.29, 0.717) is 32.5 Å². The van der Waals surface area contributed by atoms with E-state index >= 15 is 0 Å². The molecule has 0 N–H and O–H groups in total. The summed E-state index contributed by atoms with van der Waals surface area (Å²) in [6.07, 6.45) is 0. The highest BCUT2D eigenvalue weighted by atomic mass is 35.5. The van der Waals surface area contributed by atoms with Crippen molar-refractivity contribution in [2.45, 2.75) is 6.04 Å². The zero-order valence-corrected chi connectivity index (χ0v) is 17.8. The number of anilines is 1. The second-order valence-electron chi connectivity index (χ2n) is 7.12. The van der Waals surface area contributed by atoms with Crippen LogP contribution in [0.4, 0.5) is 5.69 Å². The SMILES string of the molecule is COc1ccc(N2C(=O)c3oc4ccc(Cl)cc4c(=O)c3C2c2ccccc2)cc1Cl. The van der Waals surface area contributed by atoms with Gasteiger partial charge in [-0.05, 0) is 42.0 Å². The maximum atomic E-state index is 13.5. The molecule has 5 nitrogen and oxygen atoms in total. The molecule has 0 spiro atoms. The van der Waals surface area contributed by atoms with Gasteiger partial charge in [0.15, 0.2) is 5.43 Å². The smallest absolute Gasteiger partial charge is 0.295 e. The average Bonchev–Trinajstić information content (AvgIpc) is 3.07. The van der Waals surface area contributed by atoms with Crippen LogP contribution in [-0.2, 0) is 0 Å². The summed E-state index contributed by atoms with van der Waals surface area (Å²) in [4.78, 5) is 28.5. The molecular weight excluding hydrogens is 437 g/mol. The first-order valence-corrected chi connectivity index (χ1v) is 10.2. The molecule has 1 aliphatic rings. The second kappa shape index (κ2) is 7.45.